The minimum absolute atomic E-state index is 0.201. The van der Waals surface area contributed by atoms with E-state index in [4.69, 9.17) is 14.6 Å². The van der Waals surface area contributed by atoms with Crippen molar-refractivity contribution >= 4 is 18.9 Å². The number of benzene rings is 1. The number of ether oxygens (including phenoxy) is 2. The molecule has 0 aliphatic heterocycles. The standard InChI is InChI=1S/C23H30O5.CH4O/c24-12-17-1-5-19(6-2-17)15-27-22-9-10-23(21(11-22)14-26)28-16-20-7-3-18(13-25)4-8-20;1-2/h9-14,17-20H,1-8,15-16H2;2H,1H3. The Labute approximate surface area is 179 Å². The summed E-state index contributed by atoms with van der Waals surface area (Å²) < 4.78 is 11.8. The maximum Gasteiger partial charge on any atom is 0.153 e. The van der Waals surface area contributed by atoms with Crippen LogP contribution in [0.2, 0.25) is 0 Å². The Morgan fingerprint density at radius 1 is 0.800 bits per heavy atom. The summed E-state index contributed by atoms with van der Waals surface area (Å²) in [6, 6.07) is 5.39. The molecular formula is C24H34O6. The van der Waals surface area contributed by atoms with Gasteiger partial charge in [0.2, 0.25) is 0 Å². The summed E-state index contributed by atoms with van der Waals surface area (Å²) in [4.78, 5) is 33.2. The summed E-state index contributed by atoms with van der Waals surface area (Å²) in [6.07, 6.45) is 10.7. The summed E-state index contributed by atoms with van der Waals surface area (Å²) in [6.45, 7) is 1.19. The van der Waals surface area contributed by atoms with Crippen molar-refractivity contribution in [2.24, 2.45) is 23.7 Å². The predicted molar refractivity (Wildman–Crippen MR) is 114 cm³/mol. The third kappa shape index (κ3) is 7.24. The number of aliphatic hydroxyl groups is 1. The van der Waals surface area contributed by atoms with E-state index in [2.05, 4.69) is 0 Å². The van der Waals surface area contributed by atoms with Crippen LogP contribution in [0.4, 0.5) is 0 Å². The summed E-state index contributed by atoms with van der Waals surface area (Å²) in [5.41, 5.74) is 0.503. The van der Waals surface area contributed by atoms with Crippen LogP contribution in [0.1, 0.15) is 61.7 Å². The van der Waals surface area contributed by atoms with Gasteiger partial charge in [0.1, 0.15) is 24.1 Å². The molecule has 0 saturated heterocycles. The van der Waals surface area contributed by atoms with Crippen LogP contribution in [-0.2, 0) is 9.59 Å². The lowest BCUT2D eigenvalue weighted by atomic mass is 9.83. The fourth-order valence-corrected chi connectivity index (χ4v) is 4.24. The molecule has 0 bridgehead atoms. The second-order valence-corrected chi connectivity index (χ2v) is 8.27. The second kappa shape index (κ2) is 13.2. The van der Waals surface area contributed by atoms with Gasteiger partial charge in [-0.05, 0) is 81.4 Å². The average molecular weight is 419 g/mol. The van der Waals surface area contributed by atoms with Crippen LogP contribution >= 0.6 is 0 Å². The monoisotopic (exact) mass is 418 g/mol. The molecule has 1 aromatic rings. The van der Waals surface area contributed by atoms with Gasteiger partial charge in [0.25, 0.3) is 0 Å². The van der Waals surface area contributed by atoms with Crippen LogP contribution in [0.15, 0.2) is 18.2 Å². The van der Waals surface area contributed by atoms with Gasteiger partial charge in [-0.2, -0.15) is 0 Å². The molecule has 1 aromatic carbocycles. The molecule has 166 valence electrons. The Morgan fingerprint density at radius 3 is 1.77 bits per heavy atom. The molecule has 2 aliphatic rings. The van der Waals surface area contributed by atoms with Crippen molar-refractivity contribution in [2.75, 3.05) is 20.3 Å². The third-order valence-electron chi connectivity index (χ3n) is 6.24. The Morgan fingerprint density at radius 2 is 1.30 bits per heavy atom. The number of carbonyl (C=O) groups excluding carboxylic acids is 3. The number of aliphatic hydroxyl groups excluding tert-OH is 1. The maximum absolute atomic E-state index is 11.5. The Hall–Kier alpha value is -2.21. The Bertz CT molecular complexity index is 658. The lowest BCUT2D eigenvalue weighted by Crippen LogP contribution is -2.21. The van der Waals surface area contributed by atoms with Crippen molar-refractivity contribution in [3.63, 3.8) is 0 Å². The molecule has 2 aliphatic carbocycles. The quantitative estimate of drug-likeness (QED) is 0.612. The second-order valence-electron chi connectivity index (χ2n) is 8.27. The van der Waals surface area contributed by atoms with E-state index >= 15 is 0 Å². The first kappa shape index (κ1) is 24.1. The van der Waals surface area contributed by atoms with Crippen LogP contribution in [0, 0.1) is 23.7 Å². The number of aldehydes is 3. The SMILES string of the molecule is CO.O=Cc1cc(OCC2CCC(C=O)CC2)ccc1OCC1CCC(C=O)CC1. The van der Waals surface area contributed by atoms with Gasteiger partial charge in [-0.1, -0.05) is 0 Å². The van der Waals surface area contributed by atoms with E-state index in [0.29, 0.717) is 42.1 Å². The first-order valence-electron chi connectivity index (χ1n) is 10.9. The highest BCUT2D eigenvalue weighted by atomic mass is 16.5. The zero-order valence-electron chi connectivity index (χ0n) is 17.8. The topological polar surface area (TPSA) is 89.9 Å². The molecule has 2 fully saturated rings. The third-order valence-corrected chi connectivity index (χ3v) is 6.24. The normalized spacial score (nSPS) is 25.9. The average Bonchev–Trinajstić information content (AvgIpc) is 2.83. The lowest BCUT2D eigenvalue weighted by Gasteiger charge is -2.26. The molecule has 0 atom stereocenters. The molecule has 30 heavy (non-hydrogen) atoms. The highest BCUT2D eigenvalue weighted by Crippen LogP contribution is 2.31. The molecule has 0 amide bonds. The van der Waals surface area contributed by atoms with Crippen molar-refractivity contribution in [3.05, 3.63) is 23.8 Å². The van der Waals surface area contributed by atoms with Crippen LogP contribution in [0.25, 0.3) is 0 Å². The van der Waals surface area contributed by atoms with Gasteiger partial charge in [0.05, 0.1) is 18.8 Å². The number of hydrogen-bond donors (Lipinski definition) is 1. The molecule has 0 heterocycles. The fraction of sp³-hybridized carbons (Fsp3) is 0.625. The first-order valence-corrected chi connectivity index (χ1v) is 10.9. The molecule has 0 aromatic heterocycles. The summed E-state index contributed by atoms with van der Waals surface area (Å²) >= 11 is 0. The first-order chi connectivity index (χ1) is 14.7. The zero-order valence-corrected chi connectivity index (χ0v) is 17.8. The van der Waals surface area contributed by atoms with Gasteiger partial charge in [0.15, 0.2) is 6.29 Å². The van der Waals surface area contributed by atoms with E-state index < -0.39 is 0 Å². The molecular weight excluding hydrogens is 384 g/mol. The van der Waals surface area contributed by atoms with Gasteiger partial charge in [-0.25, -0.2) is 0 Å². The van der Waals surface area contributed by atoms with Crippen molar-refractivity contribution in [1.29, 1.82) is 0 Å². The number of hydrogen-bond acceptors (Lipinski definition) is 6. The van der Waals surface area contributed by atoms with E-state index in [9.17, 15) is 14.4 Å². The summed E-state index contributed by atoms with van der Waals surface area (Å²) in [7, 11) is 1.00. The van der Waals surface area contributed by atoms with Gasteiger partial charge < -0.3 is 24.2 Å². The van der Waals surface area contributed by atoms with Crippen LogP contribution < -0.4 is 9.47 Å². The predicted octanol–water partition coefficient (Wildman–Crippen LogP) is 3.88. The molecule has 2 saturated carbocycles. The molecule has 6 heteroatoms. The number of rotatable bonds is 9. The fourth-order valence-electron chi connectivity index (χ4n) is 4.24. The molecule has 0 unspecified atom stereocenters. The molecule has 0 radical (unpaired) electrons. The van der Waals surface area contributed by atoms with Gasteiger partial charge in [-0.15, -0.1) is 0 Å². The van der Waals surface area contributed by atoms with E-state index in [0.717, 1.165) is 77.3 Å². The highest BCUT2D eigenvalue weighted by molar-refractivity contribution is 5.80. The van der Waals surface area contributed by atoms with Crippen molar-refractivity contribution in [2.45, 2.75) is 51.4 Å². The van der Waals surface area contributed by atoms with Gasteiger partial charge >= 0.3 is 0 Å². The molecule has 0 spiro atoms. The van der Waals surface area contributed by atoms with Crippen LogP contribution in [0.5, 0.6) is 11.5 Å². The summed E-state index contributed by atoms with van der Waals surface area (Å²) in [5, 5.41) is 7.00. The largest absolute Gasteiger partial charge is 0.493 e. The van der Waals surface area contributed by atoms with Crippen LogP contribution in [0.3, 0.4) is 0 Å². The van der Waals surface area contributed by atoms with E-state index in [1.165, 1.54) is 0 Å². The van der Waals surface area contributed by atoms with Gasteiger partial charge in [-0.3, -0.25) is 4.79 Å². The van der Waals surface area contributed by atoms with Crippen molar-refractivity contribution in [1.82, 2.24) is 0 Å². The Balaban J connectivity index is 0.00000155. The van der Waals surface area contributed by atoms with Gasteiger partial charge in [0, 0.05) is 18.9 Å². The number of carbonyl (C=O) groups is 3. The molecule has 1 N–H and O–H groups in total. The van der Waals surface area contributed by atoms with E-state index in [1.54, 1.807) is 12.1 Å². The minimum atomic E-state index is 0.201. The maximum atomic E-state index is 11.5. The smallest absolute Gasteiger partial charge is 0.153 e. The zero-order chi connectivity index (χ0) is 21.8. The van der Waals surface area contributed by atoms with Crippen molar-refractivity contribution in [3.8, 4) is 11.5 Å². The highest BCUT2D eigenvalue weighted by Gasteiger charge is 2.22. The van der Waals surface area contributed by atoms with E-state index in [1.807, 2.05) is 6.07 Å². The lowest BCUT2D eigenvalue weighted by molar-refractivity contribution is -0.112. The van der Waals surface area contributed by atoms with Crippen LogP contribution in [-0.4, -0.2) is 44.3 Å². The van der Waals surface area contributed by atoms with Crippen molar-refractivity contribution < 1.29 is 29.0 Å². The Kier molecular flexibility index (Phi) is 10.6. The van der Waals surface area contributed by atoms with E-state index in [-0.39, 0.29) is 11.8 Å². The summed E-state index contributed by atoms with van der Waals surface area (Å²) in [5.74, 6) is 2.58. The minimum Gasteiger partial charge on any atom is -0.493 e. The molecule has 3 rings (SSSR count). The molecule has 6 nitrogen and oxygen atoms in total.